The topological polar surface area (TPSA) is 41.1 Å². The van der Waals surface area contributed by atoms with Crippen molar-refractivity contribution in [1.29, 1.82) is 0 Å². The average Bonchev–Trinajstić information content (AvgIpc) is 2.68. The number of aryl methyl sites for hydroxylation is 1. The van der Waals surface area contributed by atoms with Gasteiger partial charge < -0.3 is 10.2 Å². The van der Waals surface area contributed by atoms with Crippen molar-refractivity contribution in [1.82, 2.24) is 9.97 Å². The van der Waals surface area contributed by atoms with Crippen LogP contribution in [0.3, 0.4) is 0 Å². The molecule has 0 amide bonds. The minimum Gasteiger partial charge on any atom is -0.367 e. The molecule has 2 aromatic carbocycles. The Bertz CT molecular complexity index is 984. The van der Waals surface area contributed by atoms with Gasteiger partial charge in [0.25, 0.3) is 0 Å². The summed E-state index contributed by atoms with van der Waals surface area (Å²) in [7, 11) is 0. The molecule has 0 unspecified atom stereocenters. The van der Waals surface area contributed by atoms with Crippen molar-refractivity contribution in [3.8, 4) is 0 Å². The molecule has 0 atom stereocenters. The van der Waals surface area contributed by atoms with Crippen LogP contribution in [-0.2, 0) is 19.1 Å². The Hall–Kier alpha value is -3.09. The predicted octanol–water partition coefficient (Wildman–Crippen LogP) is 5.11. The molecule has 4 nitrogen and oxygen atoms in total. The molecule has 0 saturated heterocycles. The van der Waals surface area contributed by atoms with Crippen LogP contribution in [-0.4, -0.2) is 16.5 Å². The van der Waals surface area contributed by atoms with Crippen LogP contribution in [0.1, 0.15) is 22.4 Å². The molecule has 0 saturated carbocycles. The Morgan fingerprint density at radius 1 is 1.04 bits per heavy atom. The van der Waals surface area contributed by atoms with Gasteiger partial charge in [0.05, 0.1) is 11.3 Å². The van der Waals surface area contributed by atoms with Crippen molar-refractivity contribution in [2.24, 2.45) is 0 Å². The lowest BCUT2D eigenvalue weighted by Crippen LogP contribution is -2.31. The lowest BCUT2D eigenvalue weighted by molar-refractivity contribution is -0.137. The summed E-state index contributed by atoms with van der Waals surface area (Å²) in [6.45, 7) is 3.55. The minimum atomic E-state index is -4.35. The Balaban J connectivity index is 1.59. The van der Waals surface area contributed by atoms with Crippen LogP contribution < -0.4 is 10.2 Å². The second-order valence-electron chi connectivity index (χ2n) is 6.86. The predicted molar refractivity (Wildman–Crippen MR) is 103 cm³/mol. The maximum absolute atomic E-state index is 12.8. The summed E-state index contributed by atoms with van der Waals surface area (Å²) in [6, 6.07) is 13.3. The van der Waals surface area contributed by atoms with Gasteiger partial charge in [0, 0.05) is 36.4 Å². The highest BCUT2D eigenvalue weighted by molar-refractivity contribution is 5.62. The Labute approximate surface area is 161 Å². The lowest BCUT2D eigenvalue weighted by Gasteiger charge is -2.31. The van der Waals surface area contributed by atoms with Gasteiger partial charge in [-0.1, -0.05) is 12.1 Å². The first-order chi connectivity index (χ1) is 13.4. The molecule has 0 radical (unpaired) electrons. The third kappa shape index (κ3) is 3.78. The van der Waals surface area contributed by atoms with Gasteiger partial charge >= 0.3 is 6.18 Å². The Morgan fingerprint density at radius 3 is 2.54 bits per heavy atom. The summed E-state index contributed by atoms with van der Waals surface area (Å²) in [4.78, 5) is 11.0. The molecule has 1 aliphatic rings. The highest BCUT2D eigenvalue weighted by atomic mass is 19.4. The zero-order chi connectivity index (χ0) is 19.7. The fourth-order valence-corrected chi connectivity index (χ4v) is 3.37. The molecular formula is C21H19F3N4. The summed E-state index contributed by atoms with van der Waals surface area (Å²) >= 11 is 0. The van der Waals surface area contributed by atoms with E-state index in [1.54, 1.807) is 0 Å². The van der Waals surface area contributed by atoms with Gasteiger partial charge in [0.15, 0.2) is 0 Å². The molecule has 1 N–H and O–H groups in total. The number of benzene rings is 2. The number of alkyl halides is 3. The highest BCUT2D eigenvalue weighted by Gasteiger charge is 2.30. The van der Waals surface area contributed by atoms with Gasteiger partial charge in [0.1, 0.15) is 12.1 Å². The molecule has 0 spiro atoms. The summed E-state index contributed by atoms with van der Waals surface area (Å²) in [5.74, 6) is 0.627. The highest BCUT2D eigenvalue weighted by Crippen LogP contribution is 2.32. The molecule has 0 aliphatic carbocycles. The molecule has 28 heavy (non-hydrogen) atoms. The second kappa shape index (κ2) is 7.14. The molecule has 0 bridgehead atoms. The standard InChI is InChI=1S/C21H19F3N4/c1-14-3-2-4-17(11-14)28-10-9-19-18(12-28)20(26-13-25-19)27-16-7-5-15(6-8-16)21(22,23)24/h2-8,11,13H,9-10,12H2,1H3,(H,25,26,27). The van der Waals surface area contributed by atoms with E-state index in [0.29, 0.717) is 18.1 Å². The van der Waals surface area contributed by atoms with Crippen molar-refractivity contribution in [2.45, 2.75) is 26.1 Å². The summed E-state index contributed by atoms with van der Waals surface area (Å²) in [5.41, 5.74) is 4.14. The summed E-state index contributed by atoms with van der Waals surface area (Å²) in [6.07, 6.45) is -2.07. The van der Waals surface area contributed by atoms with E-state index in [9.17, 15) is 13.2 Å². The largest absolute Gasteiger partial charge is 0.416 e. The van der Waals surface area contributed by atoms with Crippen molar-refractivity contribution < 1.29 is 13.2 Å². The quantitative estimate of drug-likeness (QED) is 0.681. The molecular weight excluding hydrogens is 365 g/mol. The van der Waals surface area contributed by atoms with E-state index >= 15 is 0 Å². The first-order valence-electron chi connectivity index (χ1n) is 8.99. The molecule has 3 aromatic rings. The monoisotopic (exact) mass is 384 g/mol. The van der Waals surface area contributed by atoms with Crippen molar-refractivity contribution in [2.75, 3.05) is 16.8 Å². The van der Waals surface area contributed by atoms with E-state index in [0.717, 1.165) is 42.0 Å². The van der Waals surface area contributed by atoms with Crippen LogP contribution >= 0.6 is 0 Å². The molecule has 2 heterocycles. The molecule has 4 rings (SSSR count). The molecule has 0 fully saturated rings. The average molecular weight is 384 g/mol. The van der Waals surface area contributed by atoms with Crippen LogP contribution in [0.25, 0.3) is 0 Å². The van der Waals surface area contributed by atoms with Crippen LogP contribution in [0.5, 0.6) is 0 Å². The van der Waals surface area contributed by atoms with Gasteiger partial charge in [-0.2, -0.15) is 13.2 Å². The van der Waals surface area contributed by atoms with Crippen molar-refractivity contribution >= 4 is 17.2 Å². The van der Waals surface area contributed by atoms with Crippen LogP contribution in [0.4, 0.5) is 30.4 Å². The number of fused-ring (bicyclic) bond motifs is 1. The van der Waals surface area contributed by atoms with E-state index in [1.165, 1.54) is 24.0 Å². The van der Waals surface area contributed by atoms with Gasteiger partial charge in [0.2, 0.25) is 0 Å². The Kier molecular flexibility index (Phi) is 4.66. The molecule has 1 aromatic heterocycles. The van der Waals surface area contributed by atoms with E-state index in [1.807, 2.05) is 6.07 Å². The molecule has 1 aliphatic heterocycles. The first-order valence-corrected chi connectivity index (χ1v) is 8.99. The van der Waals surface area contributed by atoms with Gasteiger partial charge in [-0.05, 0) is 48.9 Å². The van der Waals surface area contributed by atoms with Gasteiger partial charge in [-0.25, -0.2) is 9.97 Å². The van der Waals surface area contributed by atoms with Crippen LogP contribution in [0.2, 0.25) is 0 Å². The number of halogens is 3. The second-order valence-corrected chi connectivity index (χ2v) is 6.86. The normalized spacial score (nSPS) is 13.9. The van der Waals surface area contributed by atoms with Gasteiger partial charge in [-0.3, -0.25) is 0 Å². The third-order valence-electron chi connectivity index (χ3n) is 4.84. The SMILES string of the molecule is Cc1cccc(N2CCc3ncnc(Nc4ccc(C(F)(F)F)cc4)c3C2)c1. The van der Waals surface area contributed by atoms with E-state index in [2.05, 4.69) is 45.3 Å². The lowest BCUT2D eigenvalue weighted by atomic mass is 10.0. The minimum absolute atomic E-state index is 0.557. The van der Waals surface area contributed by atoms with Crippen LogP contribution in [0.15, 0.2) is 54.9 Å². The van der Waals surface area contributed by atoms with Gasteiger partial charge in [-0.15, -0.1) is 0 Å². The smallest absolute Gasteiger partial charge is 0.367 e. The zero-order valence-electron chi connectivity index (χ0n) is 15.3. The number of rotatable bonds is 3. The maximum atomic E-state index is 12.8. The number of nitrogens with zero attached hydrogens (tertiary/aromatic N) is 3. The maximum Gasteiger partial charge on any atom is 0.416 e. The number of hydrogen-bond donors (Lipinski definition) is 1. The third-order valence-corrected chi connectivity index (χ3v) is 4.84. The number of anilines is 3. The Morgan fingerprint density at radius 2 is 1.82 bits per heavy atom. The zero-order valence-corrected chi connectivity index (χ0v) is 15.3. The van der Waals surface area contributed by atoms with Crippen molar-refractivity contribution in [3.63, 3.8) is 0 Å². The van der Waals surface area contributed by atoms with E-state index in [-0.39, 0.29) is 0 Å². The number of aromatic nitrogens is 2. The molecule has 7 heteroatoms. The number of hydrogen-bond acceptors (Lipinski definition) is 4. The fraction of sp³-hybridized carbons (Fsp3) is 0.238. The van der Waals surface area contributed by atoms with E-state index < -0.39 is 11.7 Å². The van der Waals surface area contributed by atoms with Crippen molar-refractivity contribution in [3.05, 3.63) is 77.2 Å². The molecule has 144 valence electrons. The first kappa shape index (κ1) is 18.3. The van der Waals surface area contributed by atoms with Crippen LogP contribution in [0, 0.1) is 6.92 Å². The fourth-order valence-electron chi connectivity index (χ4n) is 3.37. The summed E-state index contributed by atoms with van der Waals surface area (Å²) < 4.78 is 38.3. The number of nitrogens with one attached hydrogen (secondary N) is 1. The van der Waals surface area contributed by atoms with E-state index in [4.69, 9.17) is 0 Å². The summed E-state index contributed by atoms with van der Waals surface area (Å²) in [5, 5.41) is 3.15.